The number of rotatable bonds is 5. The molecular weight excluding hydrogens is 391 g/mol. The first-order valence-corrected chi connectivity index (χ1v) is 8.97. The molecule has 0 bridgehead atoms. The van der Waals surface area contributed by atoms with Gasteiger partial charge in [0, 0.05) is 24.0 Å². The fraction of sp³-hybridized carbons (Fsp3) is 0.0870. The summed E-state index contributed by atoms with van der Waals surface area (Å²) in [4.78, 5) is 4.01. The molecule has 0 spiro atoms. The Hall–Kier alpha value is -3.58. The van der Waals surface area contributed by atoms with Crippen LogP contribution < -0.4 is 5.84 Å². The molecule has 4 nitrogen and oxygen atoms in total. The molecule has 1 aromatic heterocycles. The highest BCUT2D eigenvalue weighted by Gasteiger charge is 2.32. The number of hydrazine groups is 1. The number of halogens is 3. The van der Waals surface area contributed by atoms with Gasteiger partial charge >= 0.3 is 6.18 Å². The average Bonchev–Trinajstić information content (AvgIpc) is 2.74. The van der Waals surface area contributed by atoms with E-state index in [1.807, 2.05) is 36.4 Å². The number of aromatic nitrogens is 1. The van der Waals surface area contributed by atoms with Crippen molar-refractivity contribution in [2.75, 3.05) is 7.11 Å². The minimum absolute atomic E-state index is 0.112. The van der Waals surface area contributed by atoms with E-state index in [4.69, 9.17) is 10.6 Å². The third kappa shape index (κ3) is 4.69. The lowest BCUT2D eigenvalue weighted by Gasteiger charge is -2.30. The molecule has 0 saturated carbocycles. The number of methoxy groups -OCH3 is 1. The van der Waals surface area contributed by atoms with E-state index in [1.54, 1.807) is 36.7 Å². The van der Waals surface area contributed by atoms with Gasteiger partial charge in [0.1, 0.15) is 0 Å². The van der Waals surface area contributed by atoms with E-state index in [2.05, 4.69) is 11.6 Å². The summed E-state index contributed by atoms with van der Waals surface area (Å²) in [6, 6.07) is 12.9. The van der Waals surface area contributed by atoms with Crippen LogP contribution in [0.2, 0.25) is 0 Å². The average molecular weight is 411 g/mol. The number of hydrogen-bond acceptors (Lipinski definition) is 4. The SMILES string of the molecule is C=C(/C=C1/C(/C(=C\c2ccncc2)c2ccccc2)=CC=C(OC)N1N)C(F)(F)F. The largest absolute Gasteiger partial charge is 0.481 e. The zero-order valence-corrected chi connectivity index (χ0v) is 16.2. The molecule has 0 atom stereocenters. The van der Waals surface area contributed by atoms with Crippen molar-refractivity contribution < 1.29 is 17.9 Å². The molecule has 7 heteroatoms. The quantitative estimate of drug-likeness (QED) is 0.685. The van der Waals surface area contributed by atoms with E-state index in [-0.39, 0.29) is 11.6 Å². The minimum atomic E-state index is -4.59. The fourth-order valence-electron chi connectivity index (χ4n) is 2.92. The first-order chi connectivity index (χ1) is 14.3. The Morgan fingerprint density at radius 3 is 2.37 bits per heavy atom. The third-order valence-corrected chi connectivity index (χ3v) is 4.44. The predicted octanol–water partition coefficient (Wildman–Crippen LogP) is 5.23. The summed E-state index contributed by atoms with van der Waals surface area (Å²) >= 11 is 0. The van der Waals surface area contributed by atoms with Crippen molar-refractivity contribution in [2.24, 2.45) is 5.84 Å². The molecule has 2 heterocycles. The lowest BCUT2D eigenvalue weighted by atomic mass is 9.91. The van der Waals surface area contributed by atoms with E-state index in [0.717, 1.165) is 22.2 Å². The summed E-state index contributed by atoms with van der Waals surface area (Å²) in [5.74, 6) is 6.32. The second-order valence-corrected chi connectivity index (χ2v) is 6.42. The van der Waals surface area contributed by atoms with Crippen LogP contribution in [0, 0.1) is 0 Å². The van der Waals surface area contributed by atoms with Gasteiger partial charge < -0.3 is 4.74 Å². The van der Waals surface area contributed by atoms with Gasteiger partial charge in [0.25, 0.3) is 0 Å². The molecule has 30 heavy (non-hydrogen) atoms. The number of ether oxygens (including phenoxy) is 1. The predicted molar refractivity (Wildman–Crippen MR) is 111 cm³/mol. The van der Waals surface area contributed by atoms with E-state index in [9.17, 15) is 13.2 Å². The van der Waals surface area contributed by atoms with Crippen LogP contribution in [0.15, 0.2) is 102 Å². The topological polar surface area (TPSA) is 51.4 Å². The Morgan fingerprint density at radius 2 is 1.77 bits per heavy atom. The van der Waals surface area contributed by atoms with Crippen LogP contribution in [-0.2, 0) is 4.74 Å². The Labute approximate surface area is 172 Å². The molecule has 1 aromatic carbocycles. The van der Waals surface area contributed by atoms with Crippen LogP contribution in [0.25, 0.3) is 11.6 Å². The standard InChI is InChI=1S/C23H20F3N3O/c1-16(23(24,25)26)14-21-19(8-9-22(30-2)29(21)27)20(18-6-4-3-5-7-18)15-17-10-12-28-13-11-17/h3-15H,1,27H2,2H3/b20-15-,21-14-. The van der Waals surface area contributed by atoms with Crippen molar-refractivity contribution in [3.05, 3.63) is 114 Å². The first-order valence-electron chi connectivity index (χ1n) is 8.97. The summed E-state index contributed by atoms with van der Waals surface area (Å²) in [5, 5.41) is 1.08. The Kier molecular flexibility index (Phi) is 6.23. The van der Waals surface area contributed by atoms with Crippen LogP contribution in [-0.4, -0.2) is 23.3 Å². The van der Waals surface area contributed by atoms with Gasteiger partial charge in [0.15, 0.2) is 0 Å². The molecular formula is C23H20F3N3O. The molecule has 2 N–H and O–H groups in total. The molecule has 0 amide bonds. The summed E-state index contributed by atoms with van der Waals surface area (Å²) in [6.45, 7) is 3.16. The van der Waals surface area contributed by atoms with Gasteiger partial charge in [-0.05, 0) is 47.1 Å². The number of pyridine rings is 1. The third-order valence-electron chi connectivity index (χ3n) is 4.44. The second-order valence-electron chi connectivity index (χ2n) is 6.42. The van der Waals surface area contributed by atoms with Gasteiger partial charge in [-0.3, -0.25) is 4.98 Å². The fourth-order valence-corrected chi connectivity index (χ4v) is 2.92. The highest BCUT2D eigenvalue weighted by molar-refractivity contribution is 5.94. The van der Waals surface area contributed by atoms with Gasteiger partial charge in [-0.2, -0.15) is 13.2 Å². The Balaban J connectivity index is 2.22. The summed E-state index contributed by atoms with van der Waals surface area (Å²) in [7, 11) is 1.39. The number of allylic oxidation sites excluding steroid dienone is 5. The molecule has 1 aliphatic heterocycles. The van der Waals surface area contributed by atoms with Crippen LogP contribution in [0.3, 0.4) is 0 Å². The Morgan fingerprint density at radius 1 is 1.10 bits per heavy atom. The van der Waals surface area contributed by atoms with E-state index >= 15 is 0 Å². The lowest BCUT2D eigenvalue weighted by Crippen LogP contribution is -2.33. The normalized spacial score (nSPS) is 16.2. The van der Waals surface area contributed by atoms with Crippen LogP contribution in [0.5, 0.6) is 0 Å². The lowest BCUT2D eigenvalue weighted by molar-refractivity contribution is -0.0879. The molecule has 3 rings (SSSR count). The maximum absolute atomic E-state index is 13.2. The van der Waals surface area contributed by atoms with Gasteiger partial charge in [0.2, 0.25) is 5.88 Å². The summed E-state index contributed by atoms with van der Waals surface area (Å²) in [5.41, 5.74) is 1.92. The zero-order chi connectivity index (χ0) is 21.7. The van der Waals surface area contributed by atoms with Crippen molar-refractivity contribution in [3.8, 4) is 0 Å². The monoisotopic (exact) mass is 411 g/mol. The molecule has 2 aromatic rings. The molecule has 154 valence electrons. The highest BCUT2D eigenvalue weighted by atomic mass is 19.4. The maximum atomic E-state index is 13.2. The van der Waals surface area contributed by atoms with E-state index < -0.39 is 11.7 Å². The zero-order valence-electron chi connectivity index (χ0n) is 16.2. The van der Waals surface area contributed by atoms with Crippen molar-refractivity contribution in [2.45, 2.75) is 6.18 Å². The number of nitrogens with two attached hydrogens (primary N) is 1. The number of nitrogens with zero attached hydrogens (tertiary/aromatic N) is 2. The van der Waals surface area contributed by atoms with Crippen molar-refractivity contribution in [3.63, 3.8) is 0 Å². The molecule has 0 fully saturated rings. The van der Waals surface area contributed by atoms with Gasteiger partial charge in [-0.25, -0.2) is 10.9 Å². The molecule has 0 radical (unpaired) electrons. The number of benzene rings is 1. The summed E-state index contributed by atoms with van der Waals surface area (Å²) < 4.78 is 44.8. The van der Waals surface area contributed by atoms with Gasteiger partial charge in [0.05, 0.1) is 18.4 Å². The van der Waals surface area contributed by atoms with Crippen molar-refractivity contribution in [1.82, 2.24) is 9.99 Å². The highest BCUT2D eigenvalue weighted by Crippen LogP contribution is 2.37. The molecule has 0 aliphatic carbocycles. The van der Waals surface area contributed by atoms with Crippen molar-refractivity contribution in [1.29, 1.82) is 0 Å². The van der Waals surface area contributed by atoms with Gasteiger partial charge in [-0.1, -0.05) is 36.9 Å². The van der Waals surface area contributed by atoms with Crippen LogP contribution in [0.4, 0.5) is 13.2 Å². The molecule has 1 aliphatic rings. The van der Waals surface area contributed by atoms with E-state index in [0.29, 0.717) is 11.1 Å². The smallest absolute Gasteiger partial charge is 0.415 e. The second kappa shape index (κ2) is 8.84. The van der Waals surface area contributed by atoms with Crippen molar-refractivity contribution >= 4 is 11.6 Å². The number of alkyl halides is 3. The maximum Gasteiger partial charge on any atom is 0.415 e. The Bertz CT molecular complexity index is 1040. The first kappa shape index (κ1) is 21.1. The van der Waals surface area contributed by atoms with Crippen LogP contribution >= 0.6 is 0 Å². The minimum Gasteiger partial charge on any atom is -0.481 e. The van der Waals surface area contributed by atoms with E-state index in [1.165, 1.54) is 7.11 Å². The molecule has 0 unspecified atom stereocenters. The van der Waals surface area contributed by atoms with Crippen LogP contribution in [0.1, 0.15) is 11.1 Å². The number of hydrogen-bond donors (Lipinski definition) is 1. The molecule has 0 saturated heterocycles. The van der Waals surface area contributed by atoms with Gasteiger partial charge in [-0.15, -0.1) is 0 Å². The summed E-state index contributed by atoms with van der Waals surface area (Å²) in [6.07, 6.45) is 4.76.